The van der Waals surface area contributed by atoms with Gasteiger partial charge in [0.15, 0.2) is 0 Å². The van der Waals surface area contributed by atoms with Crippen LogP contribution in [0, 0.1) is 13.8 Å². The predicted octanol–water partition coefficient (Wildman–Crippen LogP) is 3.06. The number of hydrogen-bond acceptors (Lipinski definition) is 4. The number of rotatable bonds is 3. The number of nitrogens with one attached hydrogen (secondary N) is 1. The van der Waals surface area contributed by atoms with Crippen LogP contribution in [0.1, 0.15) is 47.2 Å². The molecule has 7 heteroatoms. The number of piperidine rings is 1. The molecule has 0 spiro atoms. The number of thiophene rings is 1. The second-order valence-electron chi connectivity index (χ2n) is 6.13. The van der Waals surface area contributed by atoms with Crippen molar-refractivity contribution < 1.29 is 4.79 Å². The van der Waals surface area contributed by atoms with E-state index >= 15 is 0 Å². The van der Waals surface area contributed by atoms with Crippen molar-refractivity contribution in [3.63, 3.8) is 0 Å². The Hall–Kier alpha value is -1.89. The van der Waals surface area contributed by atoms with E-state index in [1.54, 1.807) is 24.0 Å². The highest BCUT2D eigenvalue weighted by molar-refractivity contribution is 7.12. The number of aromatic nitrogens is 3. The Kier molecular flexibility index (Phi) is 4.66. The minimum atomic E-state index is 0.0257. The minimum absolute atomic E-state index is 0.0257. The second-order valence-corrected chi connectivity index (χ2v) is 7.59. The first-order valence-corrected chi connectivity index (χ1v) is 8.82. The zero-order valence-electron chi connectivity index (χ0n) is 13.8. The topological polar surface area (TPSA) is 63.1 Å². The lowest BCUT2D eigenvalue weighted by Gasteiger charge is -2.32. The SMILES string of the molecule is Cc1cc([C@@H](C)NC(=O)N2CCC(n3cncn3)CC2)c(C)s1. The first-order valence-electron chi connectivity index (χ1n) is 8.01. The van der Waals surface area contributed by atoms with Gasteiger partial charge in [-0.05, 0) is 45.2 Å². The Balaban J connectivity index is 1.54. The van der Waals surface area contributed by atoms with Crippen LogP contribution < -0.4 is 5.32 Å². The molecule has 2 amide bonds. The molecule has 124 valence electrons. The maximum absolute atomic E-state index is 12.5. The van der Waals surface area contributed by atoms with Crippen LogP contribution in [-0.2, 0) is 0 Å². The molecule has 1 saturated heterocycles. The number of carbonyl (C=O) groups excluding carboxylic acids is 1. The molecule has 1 N–H and O–H groups in total. The zero-order chi connectivity index (χ0) is 16.4. The number of amides is 2. The van der Waals surface area contributed by atoms with E-state index in [1.165, 1.54) is 15.3 Å². The molecule has 0 aliphatic carbocycles. The summed E-state index contributed by atoms with van der Waals surface area (Å²) in [6, 6.07) is 2.58. The molecule has 0 saturated carbocycles. The summed E-state index contributed by atoms with van der Waals surface area (Å²) in [6.45, 7) is 7.77. The normalized spacial score (nSPS) is 17.3. The summed E-state index contributed by atoms with van der Waals surface area (Å²) in [7, 11) is 0. The van der Waals surface area contributed by atoms with Gasteiger partial charge in [-0.15, -0.1) is 11.3 Å². The maximum Gasteiger partial charge on any atom is 0.317 e. The Morgan fingerprint density at radius 1 is 1.39 bits per heavy atom. The van der Waals surface area contributed by atoms with E-state index in [2.05, 4.69) is 42.2 Å². The fourth-order valence-electron chi connectivity index (χ4n) is 3.17. The Bertz CT molecular complexity index is 658. The zero-order valence-corrected chi connectivity index (χ0v) is 14.6. The molecule has 0 aromatic carbocycles. The van der Waals surface area contributed by atoms with E-state index in [0.29, 0.717) is 6.04 Å². The lowest BCUT2D eigenvalue weighted by molar-refractivity contribution is 0.166. The van der Waals surface area contributed by atoms with Crippen LogP contribution in [0.25, 0.3) is 0 Å². The molecule has 0 bridgehead atoms. The van der Waals surface area contributed by atoms with Crippen LogP contribution >= 0.6 is 11.3 Å². The molecule has 1 atom stereocenters. The van der Waals surface area contributed by atoms with Gasteiger partial charge in [-0.1, -0.05) is 0 Å². The highest BCUT2D eigenvalue weighted by atomic mass is 32.1. The lowest BCUT2D eigenvalue weighted by atomic mass is 10.1. The third kappa shape index (κ3) is 3.55. The summed E-state index contributed by atoms with van der Waals surface area (Å²) in [6.07, 6.45) is 5.15. The molecule has 6 nitrogen and oxygen atoms in total. The van der Waals surface area contributed by atoms with Gasteiger partial charge in [-0.25, -0.2) is 14.5 Å². The van der Waals surface area contributed by atoms with Crippen molar-refractivity contribution in [1.29, 1.82) is 0 Å². The molecule has 3 rings (SSSR count). The predicted molar refractivity (Wildman–Crippen MR) is 90.6 cm³/mol. The Labute approximate surface area is 140 Å². The van der Waals surface area contributed by atoms with Crippen molar-refractivity contribution in [2.75, 3.05) is 13.1 Å². The first-order chi connectivity index (χ1) is 11.0. The van der Waals surface area contributed by atoms with Gasteiger partial charge in [0.2, 0.25) is 0 Å². The van der Waals surface area contributed by atoms with Crippen molar-refractivity contribution in [2.45, 2.75) is 45.7 Å². The van der Waals surface area contributed by atoms with Crippen LogP contribution in [0.15, 0.2) is 18.7 Å². The Morgan fingerprint density at radius 3 is 2.70 bits per heavy atom. The van der Waals surface area contributed by atoms with Crippen molar-refractivity contribution in [2.24, 2.45) is 0 Å². The van der Waals surface area contributed by atoms with Crippen LogP contribution in [0.3, 0.4) is 0 Å². The molecular formula is C16H23N5OS. The maximum atomic E-state index is 12.5. The number of carbonyl (C=O) groups is 1. The van der Waals surface area contributed by atoms with Gasteiger partial charge in [-0.2, -0.15) is 5.10 Å². The van der Waals surface area contributed by atoms with Crippen LogP contribution in [0.4, 0.5) is 4.79 Å². The molecule has 1 aliphatic rings. The second kappa shape index (κ2) is 6.70. The van der Waals surface area contributed by atoms with E-state index < -0.39 is 0 Å². The number of likely N-dealkylation sites (tertiary alicyclic amines) is 1. The molecule has 2 aromatic heterocycles. The summed E-state index contributed by atoms with van der Waals surface area (Å²) in [5.74, 6) is 0. The number of hydrogen-bond donors (Lipinski definition) is 1. The third-order valence-corrected chi connectivity index (χ3v) is 5.43. The average molecular weight is 333 g/mol. The van der Waals surface area contributed by atoms with Crippen LogP contribution in [0.2, 0.25) is 0 Å². The minimum Gasteiger partial charge on any atom is -0.331 e. The molecule has 0 radical (unpaired) electrons. The van der Waals surface area contributed by atoms with Gasteiger partial charge in [0.05, 0.1) is 12.1 Å². The Morgan fingerprint density at radius 2 is 2.13 bits per heavy atom. The highest BCUT2D eigenvalue weighted by Crippen LogP contribution is 2.27. The molecule has 2 aromatic rings. The molecule has 1 fully saturated rings. The molecular weight excluding hydrogens is 310 g/mol. The van der Waals surface area contributed by atoms with Gasteiger partial charge < -0.3 is 10.2 Å². The van der Waals surface area contributed by atoms with E-state index in [4.69, 9.17) is 0 Å². The molecule has 0 unspecified atom stereocenters. The summed E-state index contributed by atoms with van der Waals surface area (Å²) in [5.41, 5.74) is 1.22. The standard InChI is InChI=1S/C16H23N5OS/c1-11-8-15(13(3)23-11)12(2)19-16(22)20-6-4-14(5-7-20)21-10-17-9-18-21/h8-10,12,14H,4-7H2,1-3H3,(H,19,22)/t12-/m1/s1. The molecule has 3 heterocycles. The largest absolute Gasteiger partial charge is 0.331 e. The highest BCUT2D eigenvalue weighted by Gasteiger charge is 2.25. The van der Waals surface area contributed by atoms with Gasteiger partial charge in [0, 0.05) is 22.8 Å². The van der Waals surface area contributed by atoms with Gasteiger partial charge >= 0.3 is 6.03 Å². The van der Waals surface area contributed by atoms with E-state index in [9.17, 15) is 4.79 Å². The number of urea groups is 1. The fourth-order valence-corrected chi connectivity index (χ4v) is 4.20. The van der Waals surface area contributed by atoms with E-state index in [1.807, 2.05) is 9.58 Å². The smallest absolute Gasteiger partial charge is 0.317 e. The summed E-state index contributed by atoms with van der Waals surface area (Å²) in [5, 5.41) is 7.33. The summed E-state index contributed by atoms with van der Waals surface area (Å²) in [4.78, 5) is 20.9. The van der Waals surface area contributed by atoms with E-state index in [-0.39, 0.29) is 12.1 Å². The average Bonchev–Trinajstić information content (AvgIpc) is 3.17. The van der Waals surface area contributed by atoms with Crippen molar-refractivity contribution in [1.82, 2.24) is 25.0 Å². The number of aryl methyl sites for hydroxylation is 2. The van der Waals surface area contributed by atoms with Gasteiger partial charge in [0.1, 0.15) is 12.7 Å². The molecule has 23 heavy (non-hydrogen) atoms. The van der Waals surface area contributed by atoms with E-state index in [0.717, 1.165) is 25.9 Å². The monoisotopic (exact) mass is 333 g/mol. The first kappa shape index (κ1) is 16.0. The van der Waals surface area contributed by atoms with Crippen LogP contribution in [0.5, 0.6) is 0 Å². The third-order valence-electron chi connectivity index (χ3n) is 4.45. The molecule has 1 aliphatic heterocycles. The lowest BCUT2D eigenvalue weighted by Crippen LogP contribution is -2.45. The van der Waals surface area contributed by atoms with Crippen molar-refractivity contribution >= 4 is 17.4 Å². The summed E-state index contributed by atoms with van der Waals surface area (Å²) < 4.78 is 1.90. The van der Waals surface area contributed by atoms with Gasteiger partial charge in [0.25, 0.3) is 0 Å². The van der Waals surface area contributed by atoms with Crippen molar-refractivity contribution in [3.8, 4) is 0 Å². The number of nitrogens with zero attached hydrogens (tertiary/aromatic N) is 4. The van der Waals surface area contributed by atoms with Crippen LogP contribution in [-0.4, -0.2) is 38.8 Å². The summed E-state index contributed by atoms with van der Waals surface area (Å²) >= 11 is 1.78. The fraction of sp³-hybridized carbons (Fsp3) is 0.562. The quantitative estimate of drug-likeness (QED) is 0.939. The van der Waals surface area contributed by atoms with Crippen molar-refractivity contribution in [3.05, 3.63) is 34.0 Å². The van der Waals surface area contributed by atoms with Gasteiger partial charge in [-0.3, -0.25) is 0 Å².